The number of ether oxygens (including phenoxy) is 1. The van der Waals surface area contributed by atoms with E-state index in [2.05, 4.69) is 55.7 Å². The normalized spacial score (nSPS) is 17.3. The van der Waals surface area contributed by atoms with E-state index in [4.69, 9.17) is 10.5 Å². The molecule has 1 spiro atoms. The average molecular weight is 437 g/mol. The molecule has 2 aliphatic rings. The third-order valence-corrected chi connectivity index (χ3v) is 6.52. The van der Waals surface area contributed by atoms with E-state index in [1.807, 2.05) is 4.68 Å². The number of anilines is 2. The van der Waals surface area contributed by atoms with E-state index in [0.717, 1.165) is 67.2 Å². The molecule has 2 aliphatic heterocycles. The largest absolute Gasteiger partial charge is 0.496 e. The van der Waals surface area contributed by atoms with Crippen LogP contribution < -0.4 is 21.1 Å². The Kier molecular flexibility index (Phi) is 5.60. The minimum atomic E-state index is 0.253. The predicted octanol–water partition coefficient (Wildman–Crippen LogP) is 2.08. The molecule has 0 unspecified atom stereocenters. The van der Waals surface area contributed by atoms with Crippen molar-refractivity contribution in [2.45, 2.75) is 32.9 Å². The molecule has 9 heteroatoms. The fraction of sp³-hybridized carbons (Fsp3) is 0.522. The van der Waals surface area contributed by atoms with Gasteiger partial charge in [-0.25, -0.2) is 4.98 Å². The third-order valence-electron chi connectivity index (χ3n) is 6.52. The van der Waals surface area contributed by atoms with Gasteiger partial charge in [0.2, 0.25) is 5.95 Å². The molecular formula is C23H32N8O. The number of hydrogen-bond acceptors (Lipinski definition) is 8. The number of likely N-dealkylation sites (tertiary alicyclic amines) is 1. The Bertz CT molecular complexity index is 1100. The number of benzene rings is 1. The Labute approximate surface area is 188 Å². The van der Waals surface area contributed by atoms with E-state index in [-0.39, 0.29) is 5.95 Å². The zero-order chi connectivity index (χ0) is 22.1. The Morgan fingerprint density at radius 2 is 2.06 bits per heavy atom. The quantitative estimate of drug-likeness (QED) is 0.438. The number of nitrogens with zero attached hydrogens (tertiary/aromatic N) is 5. The molecule has 0 saturated carbocycles. The van der Waals surface area contributed by atoms with Crippen molar-refractivity contribution < 1.29 is 4.74 Å². The van der Waals surface area contributed by atoms with Crippen LogP contribution in [0.5, 0.6) is 5.75 Å². The lowest BCUT2D eigenvalue weighted by Crippen LogP contribution is -2.70. The van der Waals surface area contributed by atoms with E-state index in [1.54, 1.807) is 13.3 Å². The zero-order valence-corrected chi connectivity index (χ0v) is 18.9. The van der Waals surface area contributed by atoms with Crippen molar-refractivity contribution in [2.75, 3.05) is 50.9 Å². The Balaban J connectivity index is 1.35. The molecule has 0 bridgehead atoms. The van der Waals surface area contributed by atoms with Crippen LogP contribution in [0.3, 0.4) is 0 Å². The summed E-state index contributed by atoms with van der Waals surface area (Å²) in [7, 11) is 1.73. The molecule has 4 heterocycles. The number of nitrogens with two attached hydrogens (primary N) is 1. The van der Waals surface area contributed by atoms with E-state index in [9.17, 15) is 0 Å². The molecule has 2 saturated heterocycles. The minimum Gasteiger partial charge on any atom is -0.496 e. The highest BCUT2D eigenvalue weighted by molar-refractivity contribution is 5.86. The molecule has 2 fully saturated rings. The van der Waals surface area contributed by atoms with E-state index < -0.39 is 0 Å². The summed E-state index contributed by atoms with van der Waals surface area (Å²) in [6.45, 7) is 9.21. The first kappa shape index (κ1) is 21.0. The van der Waals surface area contributed by atoms with Crippen LogP contribution in [0.1, 0.15) is 30.9 Å². The lowest BCUT2D eigenvalue weighted by atomic mass is 9.74. The first-order valence-electron chi connectivity index (χ1n) is 11.4. The summed E-state index contributed by atoms with van der Waals surface area (Å²) in [6.07, 6.45) is 3.91. The summed E-state index contributed by atoms with van der Waals surface area (Å²) in [5, 5.41) is 11.4. The van der Waals surface area contributed by atoms with Crippen LogP contribution >= 0.6 is 0 Å². The van der Waals surface area contributed by atoms with Crippen LogP contribution in [-0.4, -0.2) is 64.5 Å². The maximum absolute atomic E-state index is 5.91. The number of nitrogen functional groups attached to an aromatic ring is 1. The first-order valence-corrected chi connectivity index (χ1v) is 11.4. The lowest BCUT2D eigenvalue weighted by Gasteiger charge is -2.56. The maximum Gasteiger partial charge on any atom is 0.222 e. The highest BCUT2D eigenvalue weighted by atomic mass is 16.5. The molecule has 2 aromatic heterocycles. The molecule has 32 heavy (non-hydrogen) atoms. The third kappa shape index (κ3) is 3.98. The summed E-state index contributed by atoms with van der Waals surface area (Å²) < 4.78 is 7.67. The van der Waals surface area contributed by atoms with Crippen molar-refractivity contribution in [2.24, 2.45) is 5.41 Å². The fourth-order valence-corrected chi connectivity index (χ4v) is 4.80. The SMILES string of the molecule is CCCCNc1nc(N)nc2cnn(Cc3ccc(CN4CC5(CNC5)C4)cc3OC)c12. The van der Waals surface area contributed by atoms with Crippen LogP contribution in [0.25, 0.3) is 11.0 Å². The summed E-state index contributed by atoms with van der Waals surface area (Å²) >= 11 is 0. The number of nitrogens with one attached hydrogen (secondary N) is 2. The number of hydrogen-bond donors (Lipinski definition) is 3. The van der Waals surface area contributed by atoms with E-state index >= 15 is 0 Å². The summed E-state index contributed by atoms with van der Waals surface area (Å²) in [6, 6.07) is 6.49. The molecule has 1 aromatic carbocycles. The lowest BCUT2D eigenvalue weighted by molar-refractivity contribution is -0.0444. The number of rotatable bonds is 9. The van der Waals surface area contributed by atoms with Gasteiger partial charge in [0.05, 0.1) is 19.9 Å². The smallest absolute Gasteiger partial charge is 0.222 e. The van der Waals surface area contributed by atoms with Crippen molar-refractivity contribution in [1.82, 2.24) is 30.0 Å². The van der Waals surface area contributed by atoms with Crippen molar-refractivity contribution in [3.63, 3.8) is 0 Å². The standard InChI is InChI=1S/C23H32N8O/c1-3-4-7-26-21-20-18(28-22(24)29-21)9-27-31(20)11-17-6-5-16(8-19(17)32-2)10-30-14-23(15-30)12-25-13-23/h5-6,8-9,25H,3-4,7,10-15H2,1-2H3,(H3,24,26,28,29). The van der Waals surface area contributed by atoms with Gasteiger partial charge in [-0.05, 0) is 18.1 Å². The Hall–Kier alpha value is -2.91. The number of unbranched alkanes of at least 4 members (excludes halogenated alkanes) is 1. The Morgan fingerprint density at radius 1 is 1.22 bits per heavy atom. The molecule has 0 radical (unpaired) electrons. The molecule has 4 N–H and O–H groups in total. The van der Waals surface area contributed by atoms with Gasteiger partial charge in [-0.2, -0.15) is 10.1 Å². The molecule has 170 valence electrons. The van der Waals surface area contributed by atoms with Crippen LogP contribution in [0.4, 0.5) is 11.8 Å². The van der Waals surface area contributed by atoms with Crippen LogP contribution in [0.15, 0.2) is 24.4 Å². The van der Waals surface area contributed by atoms with Crippen molar-refractivity contribution in [3.05, 3.63) is 35.5 Å². The van der Waals surface area contributed by atoms with Gasteiger partial charge in [-0.3, -0.25) is 9.58 Å². The van der Waals surface area contributed by atoms with Crippen molar-refractivity contribution in [1.29, 1.82) is 0 Å². The van der Waals surface area contributed by atoms with Gasteiger partial charge < -0.3 is 21.1 Å². The van der Waals surface area contributed by atoms with Gasteiger partial charge in [0.1, 0.15) is 16.8 Å². The summed E-state index contributed by atoms with van der Waals surface area (Å²) in [5.41, 5.74) is 10.4. The minimum absolute atomic E-state index is 0.253. The van der Waals surface area contributed by atoms with E-state index in [0.29, 0.717) is 12.0 Å². The summed E-state index contributed by atoms with van der Waals surface area (Å²) in [4.78, 5) is 11.3. The van der Waals surface area contributed by atoms with Gasteiger partial charge in [-0.15, -0.1) is 0 Å². The highest BCUT2D eigenvalue weighted by Crippen LogP contribution is 2.35. The van der Waals surface area contributed by atoms with Gasteiger partial charge in [0.15, 0.2) is 5.82 Å². The van der Waals surface area contributed by atoms with Crippen LogP contribution in [-0.2, 0) is 13.1 Å². The second-order valence-electron chi connectivity index (χ2n) is 9.14. The number of methoxy groups -OCH3 is 1. The first-order chi connectivity index (χ1) is 15.6. The molecule has 5 rings (SSSR count). The van der Waals surface area contributed by atoms with Gasteiger partial charge in [0, 0.05) is 50.2 Å². The van der Waals surface area contributed by atoms with Gasteiger partial charge in [0.25, 0.3) is 0 Å². The second kappa shape index (κ2) is 8.55. The summed E-state index contributed by atoms with van der Waals surface area (Å²) in [5.74, 6) is 1.86. The topological polar surface area (TPSA) is 106 Å². The van der Waals surface area contributed by atoms with E-state index in [1.165, 1.54) is 18.7 Å². The van der Waals surface area contributed by atoms with Crippen molar-refractivity contribution in [3.8, 4) is 5.75 Å². The molecule has 3 aromatic rings. The molecule has 9 nitrogen and oxygen atoms in total. The number of aromatic nitrogens is 4. The highest BCUT2D eigenvalue weighted by Gasteiger charge is 2.47. The predicted molar refractivity (Wildman–Crippen MR) is 126 cm³/mol. The van der Waals surface area contributed by atoms with Crippen LogP contribution in [0.2, 0.25) is 0 Å². The van der Waals surface area contributed by atoms with Crippen LogP contribution in [0, 0.1) is 5.41 Å². The van der Waals surface area contributed by atoms with Crippen molar-refractivity contribution >= 4 is 22.8 Å². The molecular weight excluding hydrogens is 404 g/mol. The monoisotopic (exact) mass is 436 g/mol. The molecule has 0 amide bonds. The average Bonchev–Trinajstić information content (AvgIpc) is 3.12. The zero-order valence-electron chi connectivity index (χ0n) is 18.9. The molecule has 0 aliphatic carbocycles. The Morgan fingerprint density at radius 3 is 2.78 bits per heavy atom. The van der Waals surface area contributed by atoms with Gasteiger partial charge in [-0.1, -0.05) is 25.5 Å². The molecule has 0 atom stereocenters. The second-order valence-corrected chi connectivity index (χ2v) is 9.14. The fourth-order valence-electron chi connectivity index (χ4n) is 4.80. The number of fused-ring (bicyclic) bond motifs is 1. The van der Waals surface area contributed by atoms with Gasteiger partial charge >= 0.3 is 0 Å². The maximum atomic E-state index is 5.91.